The molecule has 0 aliphatic heterocycles. The monoisotopic (exact) mass is 233 g/mol. The number of hydrogen-bond acceptors (Lipinski definition) is 4. The summed E-state index contributed by atoms with van der Waals surface area (Å²) in [6.45, 7) is 4.67. The van der Waals surface area contributed by atoms with Crippen LogP contribution in [0.1, 0.15) is 12.5 Å². The van der Waals surface area contributed by atoms with Crippen LogP contribution in [0.25, 0.3) is 5.65 Å². The lowest BCUT2D eigenvalue weighted by molar-refractivity contribution is -0.118. The number of nitrogens with zero attached hydrogens (tertiary/aromatic N) is 3. The van der Waals surface area contributed by atoms with Crippen molar-refractivity contribution in [2.24, 2.45) is 0 Å². The Morgan fingerprint density at radius 1 is 1.47 bits per heavy atom. The van der Waals surface area contributed by atoms with Gasteiger partial charge in [0.2, 0.25) is 11.9 Å². The maximum absolute atomic E-state index is 10.7. The molecule has 0 atom stereocenters. The Hall–Kier alpha value is -2.11. The zero-order chi connectivity index (χ0) is 12.3. The molecule has 2 aromatic rings. The highest BCUT2D eigenvalue weighted by Gasteiger charge is 2.02. The summed E-state index contributed by atoms with van der Waals surface area (Å²) in [5, 5.41) is 10.00. The molecule has 1 amide bonds. The first-order chi connectivity index (χ1) is 8.15. The SMILES string of the molecule is CC(=O)NCCNc1nc2cc(C)ccn2n1. The van der Waals surface area contributed by atoms with Gasteiger partial charge in [0, 0.05) is 26.2 Å². The zero-order valence-electron chi connectivity index (χ0n) is 9.90. The maximum atomic E-state index is 10.7. The van der Waals surface area contributed by atoms with E-state index in [1.165, 1.54) is 6.92 Å². The van der Waals surface area contributed by atoms with Crippen molar-refractivity contribution in [3.63, 3.8) is 0 Å². The first kappa shape index (κ1) is 11.4. The Kier molecular flexibility index (Phi) is 3.22. The molecule has 0 aliphatic rings. The minimum Gasteiger partial charge on any atom is -0.355 e. The van der Waals surface area contributed by atoms with Crippen molar-refractivity contribution < 1.29 is 4.79 Å². The van der Waals surface area contributed by atoms with Gasteiger partial charge in [-0.25, -0.2) is 4.52 Å². The van der Waals surface area contributed by atoms with E-state index in [1.54, 1.807) is 4.52 Å². The molecule has 17 heavy (non-hydrogen) atoms. The van der Waals surface area contributed by atoms with Gasteiger partial charge in [-0.2, -0.15) is 4.98 Å². The van der Waals surface area contributed by atoms with Crippen LogP contribution in [0.4, 0.5) is 5.95 Å². The summed E-state index contributed by atoms with van der Waals surface area (Å²) in [5.74, 6) is 0.534. The molecule has 6 heteroatoms. The van der Waals surface area contributed by atoms with E-state index in [-0.39, 0.29) is 5.91 Å². The van der Waals surface area contributed by atoms with Crippen molar-refractivity contribution in [3.8, 4) is 0 Å². The summed E-state index contributed by atoms with van der Waals surface area (Å²) in [4.78, 5) is 15.0. The van der Waals surface area contributed by atoms with E-state index in [4.69, 9.17) is 0 Å². The number of amides is 1. The highest BCUT2D eigenvalue weighted by molar-refractivity contribution is 5.72. The molecule has 0 aliphatic carbocycles. The van der Waals surface area contributed by atoms with Crippen LogP contribution in [-0.2, 0) is 4.79 Å². The Morgan fingerprint density at radius 3 is 3.06 bits per heavy atom. The predicted octanol–water partition coefficient (Wildman–Crippen LogP) is 0.586. The highest BCUT2D eigenvalue weighted by Crippen LogP contribution is 2.06. The summed E-state index contributed by atoms with van der Waals surface area (Å²) >= 11 is 0. The highest BCUT2D eigenvalue weighted by atomic mass is 16.1. The molecule has 0 saturated carbocycles. The van der Waals surface area contributed by atoms with Gasteiger partial charge >= 0.3 is 0 Å². The van der Waals surface area contributed by atoms with Crippen LogP contribution in [0.15, 0.2) is 18.3 Å². The molecular weight excluding hydrogens is 218 g/mol. The lowest BCUT2D eigenvalue weighted by atomic mass is 10.3. The van der Waals surface area contributed by atoms with Crippen LogP contribution >= 0.6 is 0 Å². The molecule has 0 saturated heterocycles. The van der Waals surface area contributed by atoms with E-state index in [1.807, 2.05) is 25.3 Å². The number of rotatable bonds is 4. The van der Waals surface area contributed by atoms with E-state index >= 15 is 0 Å². The van der Waals surface area contributed by atoms with Crippen molar-refractivity contribution in [3.05, 3.63) is 23.9 Å². The van der Waals surface area contributed by atoms with Crippen LogP contribution in [0.3, 0.4) is 0 Å². The van der Waals surface area contributed by atoms with Crippen LogP contribution in [0, 0.1) is 6.92 Å². The lowest BCUT2D eigenvalue weighted by Gasteiger charge is -2.01. The van der Waals surface area contributed by atoms with Gasteiger partial charge in [-0.15, -0.1) is 5.10 Å². The molecule has 2 aromatic heterocycles. The first-order valence-electron chi connectivity index (χ1n) is 5.46. The molecule has 0 aromatic carbocycles. The quantitative estimate of drug-likeness (QED) is 0.758. The van der Waals surface area contributed by atoms with Gasteiger partial charge in [0.05, 0.1) is 0 Å². The minimum absolute atomic E-state index is 0.0367. The standard InChI is InChI=1S/C11H15N5O/c1-8-3-6-16-10(7-8)14-11(15-16)13-5-4-12-9(2)17/h3,6-7H,4-5H2,1-2H3,(H,12,17)(H,13,15). The number of anilines is 1. The summed E-state index contributed by atoms with van der Waals surface area (Å²) in [7, 11) is 0. The fourth-order valence-electron chi connectivity index (χ4n) is 1.47. The van der Waals surface area contributed by atoms with Crippen LogP contribution in [0.2, 0.25) is 0 Å². The van der Waals surface area contributed by atoms with Gasteiger partial charge < -0.3 is 10.6 Å². The number of hydrogen-bond donors (Lipinski definition) is 2. The van der Waals surface area contributed by atoms with Crippen molar-refractivity contribution in [2.75, 3.05) is 18.4 Å². The van der Waals surface area contributed by atoms with Gasteiger partial charge in [-0.1, -0.05) is 0 Å². The van der Waals surface area contributed by atoms with Gasteiger partial charge in [0.15, 0.2) is 5.65 Å². The topological polar surface area (TPSA) is 71.3 Å². The van der Waals surface area contributed by atoms with E-state index < -0.39 is 0 Å². The number of aromatic nitrogens is 3. The summed E-state index contributed by atoms with van der Waals surface area (Å²) in [5.41, 5.74) is 1.96. The molecule has 0 unspecified atom stereocenters. The molecule has 0 fully saturated rings. The van der Waals surface area contributed by atoms with Gasteiger partial charge in [-0.3, -0.25) is 4.79 Å². The Bertz CT molecular complexity index is 534. The Balaban J connectivity index is 1.97. The van der Waals surface area contributed by atoms with E-state index in [9.17, 15) is 4.79 Å². The summed E-state index contributed by atoms with van der Waals surface area (Å²) in [6.07, 6.45) is 1.87. The van der Waals surface area contributed by atoms with E-state index in [2.05, 4.69) is 20.7 Å². The third-order valence-corrected chi connectivity index (χ3v) is 2.28. The molecule has 90 valence electrons. The fourth-order valence-corrected chi connectivity index (χ4v) is 1.47. The second-order valence-corrected chi connectivity index (χ2v) is 3.85. The Morgan fingerprint density at radius 2 is 2.29 bits per heavy atom. The number of nitrogens with one attached hydrogen (secondary N) is 2. The molecule has 0 spiro atoms. The second-order valence-electron chi connectivity index (χ2n) is 3.85. The minimum atomic E-state index is -0.0367. The third-order valence-electron chi connectivity index (χ3n) is 2.28. The fraction of sp³-hybridized carbons (Fsp3) is 0.364. The third kappa shape index (κ3) is 2.93. The number of carbonyl (C=O) groups is 1. The van der Waals surface area contributed by atoms with Crippen molar-refractivity contribution in [1.29, 1.82) is 0 Å². The molecule has 2 N–H and O–H groups in total. The van der Waals surface area contributed by atoms with Gasteiger partial charge in [0.25, 0.3) is 0 Å². The number of aryl methyl sites for hydroxylation is 1. The summed E-state index contributed by atoms with van der Waals surface area (Å²) < 4.78 is 1.72. The van der Waals surface area contributed by atoms with E-state index in [0.717, 1.165) is 11.2 Å². The van der Waals surface area contributed by atoms with Crippen molar-refractivity contribution in [2.45, 2.75) is 13.8 Å². The molecule has 2 heterocycles. The van der Waals surface area contributed by atoms with Crippen molar-refractivity contribution >= 4 is 17.5 Å². The number of pyridine rings is 1. The number of fused-ring (bicyclic) bond motifs is 1. The molecule has 6 nitrogen and oxygen atoms in total. The predicted molar refractivity (Wildman–Crippen MR) is 64.9 cm³/mol. The van der Waals surface area contributed by atoms with Gasteiger partial charge in [-0.05, 0) is 24.6 Å². The largest absolute Gasteiger partial charge is 0.355 e. The molecule has 0 radical (unpaired) electrons. The van der Waals surface area contributed by atoms with Gasteiger partial charge in [0.1, 0.15) is 0 Å². The maximum Gasteiger partial charge on any atom is 0.243 e. The second kappa shape index (κ2) is 4.82. The lowest BCUT2D eigenvalue weighted by Crippen LogP contribution is -2.26. The zero-order valence-corrected chi connectivity index (χ0v) is 9.90. The summed E-state index contributed by atoms with van der Waals surface area (Å²) in [6, 6.07) is 3.94. The smallest absolute Gasteiger partial charge is 0.243 e. The van der Waals surface area contributed by atoms with E-state index in [0.29, 0.717) is 19.0 Å². The van der Waals surface area contributed by atoms with Crippen LogP contribution in [-0.4, -0.2) is 33.6 Å². The average molecular weight is 233 g/mol. The number of carbonyl (C=O) groups excluding carboxylic acids is 1. The van der Waals surface area contributed by atoms with Crippen LogP contribution < -0.4 is 10.6 Å². The molecule has 0 bridgehead atoms. The average Bonchev–Trinajstić information content (AvgIpc) is 2.66. The molecular formula is C11H15N5O. The van der Waals surface area contributed by atoms with Crippen LogP contribution in [0.5, 0.6) is 0 Å². The first-order valence-corrected chi connectivity index (χ1v) is 5.46. The van der Waals surface area contributed by atoms with Crippen molar-refractivity contribution in [1.82, 2.24) is 19.9 Å². The normalized spacial score (nSPS) is 10.5. The molecule has 2 rings (SSSR count). The Labute approximate surface area is 99.0 Å².